The first-order valence-electron chi connectivity index (χ1n) is 10.6. The maximum Gasteiger partial charge on any atom is 0.143 e. The maximum atomic E-state index is 5.70. The fourth-order valence-corrected chi connectivity index (χ4v) is 4.74. The molecule has 4 aromatic rings. The Morgan fingerprint density at radius 3 is 2.48 bits per heavy atom. The molecule has 5 rings (SSSR count). The highest BCUT2D eigenvalue weighted by atomic mass is 16.5. The van der Waals surface area contributed by atoms with Gasteiger partial charge in [0, 0.05) is 28.1 Å². The number of rotatable bonds is 4. The Kier molecular flexibility index (Phi) is 4.72. The lowest BCUT2D eigenvalue weighted by atomic mass is 9.95. The minimum absolute atomic E-state index is 0.333. The molecule has 0 bridgehead atoms. The summed E-state index contributed by atoms with van der Waals surface area (Å²) < 4.78 is 5.70. The Balaban J connectivity index is 1.72. The molecule has 2 aromatic carbocycles. The van der Waals surface area contributed by atoms with E-state index in [9.17, 15) is 0 Å². The molecule has 1 fully saturated rings. The Morgan fingerprint density at radius 2 is 1.69 bits per heavy atom. The molecule has 29 heavy (non-hydrogen) atoms. The van der Waals surface area contributed by atoms with Crippen molar-refractivity contribution in [2.45, 2.75) is 39.2 Å². The van der Waals surface area contributed by atoms with Gasteiger partial charge in [-0.3, -0.25) is 4.90 Å². The van der Waals surface area contributed by atoms with Crippen LogP contribution in [0.1, 0.15) is 43.6 Å². The number of hydrogen-bond donors (Lipinski definition) is 1. The molecule has 1 N–H and O–H groups in total. The van der Waals surface area contributed by atoms with Crippen LogP contribution in [0, 0.1) is 6.92 Å². The zero-order valence-corrected chi connectivity index (χ0v) is 17.1. The summed E-state index contributed by atoms with van der Waals surface area (Å²) in [5.74, 6) is 0.850. The zero-order chi connectivity index (χ0) is 19.8. The number of likely N-dealkylation sites (tertiary alicyclic amines) is 1. The van der Waals surface area contributed by atoms with Crippen LogP contribution >= 0.6 is 0 Å². The van der Waals surface area contributed by atoms with Crippen molar-refractivity contribution >= 4 is 10.9 Å². The normalized spacial score (nSPS) is 16.3. The molecule has 1 aliphatic heterocycles. The number of benzene rings is 2. The van der Waals surface area contributed by atoms with Crippen molar-refractivity contribution in [3.63, 3.8) is 0 Å². The molecule has 2 aromatic heterocycles. The van der Waals surface area contributed by atoms with Crippen LogP contribution < -0.4 is 0 Å². The molecular formula is C25H27N3O. The van der Waals surface area contributed by atoms with Crippen molar-refractivity contribution in [3.05, 3.63) is 65.9 Å². The van der Waals surface area contributed by atoms with E-state index in [4.69, 9.17) is 4.52 Å². The summed E-state index contributed by atoms with van der Waals surface area (Å²) in [6, 6.07) is 19.3. The largest absolute Gasteiger partial charge is 0.360 e. The predicted octanol–water partition coefficient (Wildman–Crippen LogP) is 6.35. The van der Waals surface area contributed by atoms with Gasteiger partial charge in [0.1, 0.15) is 11.5 Å². The fourth-order valence-electron chi connectivity index (χ4n) is 4.74. The quantitative estimate of drug-likeness (QED) is 0.445. The highest BCUT2D eigenvalue weighted by Gasteiger charge is 2.28. The minimum Gasteiger partial charge on any atom is -0.360 e. The second-order valence-electron chi connectivity index (χ2n) is 8.06. The van der Waals surface area contributed by atoms with Gasteiger partial charge in [-0.25, -0.2) is 0 Å². The van der Waals surface area contributed by atoms with Crippen molar-refractivity contribution in [2.75, 3.05) is 13.1 Å². The summed E-state index contributed by atoms with van der Waals surface area (Å²) in [5, 5.41) is 5.73. The van der Waals surface area contributed by atoms with Crippen molar-refractivity contribution in [1.29, 1.82) is 0 Å². The molecule has 3 heterocycles. The standard InChI is InChI=1S/C25H27N3O/c1-17(28-15-9-4-10-16-28)22-20-13-7-8-14-21(20)26-25(22)23-18(2)29-27-24(23)19-11-5-3-6-12-19/h3,5-8,11-14,17,26H,4,9-10,15-16H2,1-2H3. The van der Waals surface area contributed by atoms with Gasteiger partial charge in [-0.15, -0.1) is 0 Å². The number of piperidine rings is 1. The molecule has 148 valence electrons. The van der Waals surface area contributed by atoms with E-state index in [2.05, 4.69) is 58.4 Å². The third-order valence-electron chi connectivity index (χ3n) is 6.26. The first-order valence-corrected chi connectivity index (χ1v) is 10.6. The molecule has 0 aliphatic carbocycles. The van der Waals surface area contributed by atoms with Crippen LogP contribution in [0.3, 0.4) is 0 Å². The molecular weight excluding hydrogens is 358 g/mol. The van der Waals surface area contributed by atoms with Gasteiger partial charge in [0.15, 0.2) is 0 Å². The van der Waals surface area contributed by atoms with Crippen LogP contribution in [0.25, 0.3) is 33.4 Å². The van der Waals surface area contributed by atoms with Gasteiger partial charge >= 0.3 is 0 Å². The third-order valence-corrected chi connectivity index (χ3v) is 6.26. The van der Waals surface area contributed by atoms with Crippen molar-refractivity contribution in [2.24, 2.45) is 0 Å². The third kappa shape index (κ3) is 3.18. The average Bonchev–Trinajstić information content (AvgIpc) is 3.34. The summed E-state index contributed by atoms with van der Waals surface area (Å²) in [6.07, 6.45) is 3.90. The van der Waals surface area contributed by atoms with E-state index in [0.717, 1.165) is 41.4 Å². The van der Waals surface area contributed by atoms with E-state index in [1.54, 1.807) is 0 Å². The zero-order valence-electron chi connectivity index (χ0n) is 17.1. The Hall–Kier alpha value is -2.85. The Bertz CT molecular complexity index is 1120. The van der Waals surface area contributed by atoms with Crippen LogP contribution in [-0.4, -0.2) is 28.1 Å². The number of H-pyrrole nitrogens is 1. The average molecular weight is 386 g/mol. The summed E-state index contributed by atoms with van der Waals surface area (Å²) >= 11 is 0. The number of aromatic amines is 1. The molecule has 1 atom stereocenters. The molecule has 1 unspecified atom stereocenters. The van der Waals surface area contributed by atoms with Gasteiger partial charge in [-0.2, -0.15) is 0 Å². The van der Waals surface area contributed by atoms with Gasteiger partial charge in [0.25, 0.3) is 0 Å². The van der Waals surface area contributed by atoms with E-state index in [-0.39, 0.29) is 0 Å². The Labute approximate surface area is 171 Å². The molecule has 0 spiro atoms. The summed E-state index contributed by atoms with van der Waals surface area (Å²) in [4.78, 5) is 6.33. The topological polar surface area (TPSA) is 45.1 Å². The molecule has 0 amide bonds. The summed E-state index contributed by atoms with van der Waals surface area (Å²) in [5.41, 5.74) is 6.72. The van der Waals surface area contributed by atoms with Gasteiger partial charge in [-0.05, 0) is 45.8 Å². The lowest BCUT2D eigenvalue weighted by Crippen LogP contribution is -2.32. The fraction of sp³-hybridized carbons (Fsp3) is 0.320. The van der Waals surface area contributed by atoms with Crippen LogP contribution in [0.15, 0.2) is 59.1 Å². The maximum absolute atomic E-state index is 5.70. The van der Waals surface area contributed by atoms with Gasteiger partial charge in [-0.1, -0.05) is 60.1 Å². The van der Waals surface area contributed by atoms with Crippen LogP contribution in [0.5, 0.6) is 0 Å². The van der Waals surface area contributed by atoms with Gasteiger partial charge < -0.3 is 9.51 Å². The number of fused-ring (bicyclic) bond motifs is 1. The molecule has 4 nitrogen and oxygen atoms in total. The minimum atomic E-state index is 0.333. The molecule has 1 aliphatic rings. The lowest BCUT2D eigenvalue weighted by Gasteiger charge is -2.33. The van der Waals surface area contributed by atoms with E-state index in [0.29, 0.717) is 6.04 Å². The molecule has 1 saturated heterocycles. The first kappa shape index (κ1) is 18.2. The molecule has 0 radical (unpaired) electrons. The molecule has 4 heteroatoms. The molecule has 0 saturated carbocycles. The van der Waals surface area contributed by atoms with Gasteiger partial charge in [0.2, 0.25) is 0 Å². The van der Waals surface area contributed by atoms with Crippen molar-refractivity contribution in [3.8, 4) is 22.5 Å². The first-order chi connectivity index (χ1) is 14.2. The monoisotopic (exact) mass is 385 g/mol. The van der Waals surface area contributed by atoms with E-state index < -0.39 is 0 Å². The number of aryl methyl sites for hydroxylation is 1. The lowest BCUT2D eigenvalue weighted by molar-refractivity contribution is 0.176. The second-order valence-corrected chi connectivity index (χ2v) is 8.06. The highest BCUT2D eigenvalue weighted by Crippen LogP contribution is 2.42. The number of hydrogen-bond acceptors (Lipinski definition) is 3. The van der Waals surface area contributed by atoms with Crippen molar-refractivity contribution < 1.29 is 4.52 Å². The SMILES string of the molecule is Cc1onc(-c2ccccc2)c1-c1[nH]c2ccccc2c1C(C)N1CCCCC1. The van der Waals surface area contributed by atoms with Crippen molar-refractivity contribution in [1.82, 2.24) is 15.0 Å². The summed E-state index contributed by atoms with van der Waals surface area (Å²) in [7, 11) is 0. The highest BCUT2D eigenvalue weighted by molar-refractivity contribution is 5.94. The van der Waals surface area contributed by atoms with E-state index >= 15 is 0 Å². The number of para-hydroxylation sites is 1. The van der Waals surface area contributed by atoms with Crippen LogP contribution in [0.2, 0.25) is 0 Å². The van der Waals surface area contributed by atoms with Crippen LogP contribution in [-0.2, 0) is 0 Å². The predicted molar refractivity (Wildman–Crippen MR) is 118 cm³/mol. The summed E-state index contributed by atoms with van der Waals surface area (Å²) in [6.45, 7) is 6.67. The number of aromatic nitrogens is 2. The second kappa shape index (κ2) is 7.53. The van der Waals surface area contributed by atoms with E-state index in [1.165, 1.54) is 35.7 Å². The number of nitrogens with one attached hydrogen (secondary N) is 1. The number of nitrogens with zero attached hydrogens (tertiary/aromatic N) is 2. The van der Waals surface area contributed by atoms with Gasteiger partial charge in [0.05, 0.1) is 11.3 Å². The van der Waals surface area contributed by atoms with Crippen LogP contribution in [0.4, 0.5) is 0 Å². The van der Waals surface area contributed by atoms with E-state index in [1.807, 2.05) is 25.1 Å². The smallest absolute Gasteiger partial charge is 0.143 e. The Morgan fingerprint density at radius 1 is 0.966 bits per heavy atom.